The fourth-order valence-corrected chi connectivity index (χ4v) is 3.25. The van der Waals surface area contributed by atoms with Crippen molar-refractivity contribution in [3.05, 3.63) is 58.8 Å². The second-order valence-electron chi connectivity index (χ2n) is 4.51. The molecule has 0 aliphatic rings. The molecule has 2 heterocycles. The van der Waals surface area contributed by atoms with E-state index in [2.05, 4.69) is 30.6 Å². The van der Waals surface area contributed by atoms with Crippen LogP contribution in [0.2, 0.25) is 0 Å². The molecule has 3 aromatic rings. The lowest BCUT2D eigenvalue weighted by Crippen LogP contribution is -2.23. The molecule has 0 bridgehead atoms. The Balaban J connectivity index is 1.78. The number of aromatic amines is 1. The molecule has 0 aliphatic heterocycles. The van der Waals surface area contributed by atoms with E-state index in [0.29, 0.717) is 0 Å². The van der Waals surface area contributed by atoms with Gasteiger partial charge in [-0.05, 0) is 42.5 Å². The number of aromatic nitrogens is 2. The minimum atomic E-state index is -3.52. The van der Waals surface area contributed by atoms with Gasteiger partial charge in [0, 0.05) is 21.7 Å². The summed E-state index contributed by atoms with van der Waals surface area (Å²) >= 11 is 3.28. The van der Waals surface area contributed by atoms with E-state index in [1.54, 1.807) is 30.5 Å². The smallest absolute Gasteiger partial charge is 0.240 e. The SMILES string of the molecule is O=S(=O)(NCc1cc2cccnc2[nH]1)c1ccc(Br)cc1. The predicted molar refractivity (Wildman–Crippen MR) is 84.3 cm³/mol. The second kappa shape index (κ2) is 5.59. The van der Waals surface area contributed by atoms with Gasteiger partial charge in [-0.2, -0.15) is 0 Å². The van der Waals surface area contributed by atoms with Crippen molar-refractivity contribution in [1.82, 2.24) is 14.7 Å². The van der Waals surface area contributed by atoms with Gasteiger partial charge in [0.1, 0.15) is 5.65 Å². The standard InChI is InChI=1S/C14H12BrN3O2S/c15-11-3-5-13(6-4-11)21(19,20)17-9-12-8-10-2-1-7-16-14(10)18-12/h1-8,17H,9H2,(H,16,18). The Morgan fingerprint density at radius 1 is 1.19 bits per heavy atom. The lowest BCUT2D eigenvalue weighted by Gasteiger charge is -2.05. The van der Waals surface area contributed by atoms with Gasteiger partial charge in [-0.3, -0.25) is 0 Å². The average Bonchev–Trinajstić information content (AvgIpc) is 2.89. The zero-order valence-electron chi connectivity index (χ0n) is 10.9. The van der Waals surface area contributed by atoms with Crippen molar-refractivity contribution in [3.63, 3.8) is 0 Å². The van der Waals surface area contributed by atoms with E-state index in [1.807, 2.05) is 18.2 Å². The molecule has 0 saturated carbocycles. The second-order valence-corrected chi connectivity index (χ2v) is 7.20. The largest absolute Gasteiger partial charge is 0.342 e. The van der Waals surface area contributed by atoms with Gasteiger partial charge >= 0.3 is 0 Å². The van der Waals surface area contributed by atoms with Gasteiger partial charge in [0.15, 0.2) is 0 Å². The average molecular weight is 366 g/mol. The Kier molecular flexibility index (Phi) is 3.79. The molecule has 0 unspecified atom stereocenters. The van der Waals surface area contributed by atoms with Crippen LogP contribution >= 0.6 is 15.9 Å². The monoisotopic (exact) mass is 365 g/mol. The van der Waals surface area contributed by atoms with Crippen molar-refractivity contribution in [3.8, 4) is 0 Å². The number of fused-ring (bicyclic) bond motifs is 1. The lowest BCUT2D eigenvalue weighted by molar-refractivity contribution is 0.580. The van der Waals surface area contributed by atoms with Crippen LogP contribution in [0.1, 0.15) is 5.69 Å². The van der Waals surface area contributed by atoms with Crippen LogP contribution in [0.5, 0.6) is 0 Å². The lowest BCUT2D eigenvalue weighted by atomic mass is 10.3. The molecule has 0 aliphatic carbocycles. The molecular formula is C14H12BrN3O2S. The van der Waals surface area contributed by atoms with Gasteiger partial charge in [0.25, 0.3) is 0 Å². The molecule has 2 N–H and O–H groups in total. The normalized spacial score (nSPS) is 11.9. The number of hydrogen-bond acceptors (Lipinski definition) is 3. The number of nitrogens with one attached hydrogen (secondary N) is 2. The summed E-state index contributed by atoms with van der Waals surface area (Å²) in [5, 5.41) is 0.954. The molecule has 0 saturated heterocycles. The summed E-state index contributed by atoms with van der Waals surface area (Å²) in [4.78, 5) is 7.50. The van der Waals surface area contributed by atoms with Crippen molar-refractivity contribution in [2.24, 2.45) is 0 Å². The molecule has 0 amide bonds. The molecule has 5 nitrogen and oxygen atoms in total. The minimum Gasteiger partial charge on any atom is -0.342 e. The Morgan fingerprint density at radius 2 is 1.95 bits per heavy atom. The fourth-order valence-electron chi connectivity index (χ4n) is 1.98. The number of pyridine rings is 1. The Morgan fingerprint density at radius 3 is 2.67 bits per heavy atom. The number of nitrogens with zero attached hydrogens (tertiary/aromatic N) is 1. The first-order chi connectivity index (χ1) is 10.0. The van der Waals surface area contributed by atoms with Crippen molar-refractivity contribution >= 4 is 37.0 Å². The summed E-state index contributed by atoms with van der Waals surface area (Å²) in [6.45, 7) is 0.189. The first-order valence-electron chi connectivity index (χ1n) is 6.22. The Hall–Kier alpha value is -1.70. The van der Waals surface area contributed by atoms with Crippen LogP contribution in [0.3, 0.4) is 0 Å². The van der Waals surface area contributed by atoms with Crippen LogP contribution in [-0.2, 0) is 16.6 Å². The molecule has 3 rings (SSSR count). The van der Waals surface area contributed by atoms with Crippen LogP contribution in [0.4, 0.5) is 0 Å². The molecule has 1 aromatic carbocycles. The van der Waals surface area contributed by atoms with Crippen molar-refractivity contribution in [1.29, 1.82) is 0 Å². The summed E-state index contributed by atoms with van der Waals surface area (Å²) in [6.07, 6.45) is 1.69. The highest BCUT2D eigenvalue weighted by atomic mass is 79.9. The summed E-state index contributed by atoms with van der Waals surface area (Å²) < 4.78 is 27.8. The third-order valence-corrected chi connectivity index (χ3v) is 4.97. The summed E-state index contributed by atoms with van der Waals surface area (Å²) in [6, 6.07) is 12.1. The number of H-pyrrole nitrogens is 1. The number of halogens is 1. The third kappa shape index (κ3) is 3.15. The van der Waals surface area contributed by atoms with Gasteiger partial charge in [0.05, 0.1) is 11.4 Å². The quantitative estimate of drug-likeness (QED) is 0.746. The minimum absolute atomic E-state index is 0.189. The molecular weight excluding hydrogens is 354 g/mol. The molecule has 108 valence electrons. The van der Waals surface area contributed by atoms with Crippen LogP contribution in [0.25, 0.3) is 11.0 Å². The molecule has 7 heteroatoms. The van der Waals surface area contributed by atoms with E-state index in [-0.39, 0.29) is 11.4 Å². The molecule has 0 radical (unpaired) electrons. The summed E-state index contributed by atoms with van der Waals surface area (Å²) in [5.41, 5.74) is 1.51. The third-order valence-electron chi connectivity index (χ3n) is 3.02. The highest BCUT2D eigenvalue weighted by molar-refractivity contribution is 9.10. The first-order valence-corrected chi connectivity index (χ1v) is 8.50. The van der Waals surface area contributed by atoms with E-state index in [0.717, 1.165) is 21.2 Å². The molecule has 21 heavy (non-hydrogen) atoms. The predicted octanol–water partition coefficient (Wildman–Crippen LogP) is 2.80. The topological polar surface area (TPSA) is 74.8 Å². The highest BCUT2D eigenvalue weighted by Crippen LogP contribution is 2.16. The van der Waals surface area contributed by atoms with E-state index in [9.17, 15) is 8.42 Å². The number of rotatable bonds is 4. The summed E-state index contributed by atoms with van der Waals surface area (Å²) in [7, 11) is -3.52. The van der Waals surface area contributed by atoms with E-state index in [4.69, 9.17) is 0 Å². The van der Waals surface area contributed by atoms with E-state index >= 15 is 0 Å². The maximum absolute atomic E-state index is 12.2. The zero-order chi connectivity index (χ0) is 14.9. The maximum Gasteiger partial charge on any atom is 0.240 e. The van der Waals surface area contributed by atoms with Crippen LogP contribution in [-0.4, -0.2) is 18.4 Å². The molecule has 0 atom stereocenters. The van der Waals surface area contributed by atoms with Gasteiger partial charge < -0.3 is 4.98 Å². The highest BCUT2D eigenvalue weighted by Gasteiger charge is 2.14. The molecule has 0 spiro atoms. The molecule has 2 aromatic heterocycles. The Labute approximate surface area is 130 Å². The van der Waals surface area contributed by atoms with Crippen molar-refractivity contribution in [2.75, 3.05) is 0 Å². The number of sulfonamides is 1. The molecule has 0 fully saturated rings. The fraction of sp³-hybridized carbons (Fsp3) is 0.0714. The van der Waals surface area contributed by atoms with Crippen LogP contribution in [0.15, 0.2) is 58.0 Å². The van der Waals surface area contributed by atoms with Crippen LogP contribution in [0, 0.1) is 0 Å². The van der Waals surface area contributed by atoms with Gasteiger partial charge in [-0.15, -0.1) is 0 Å². The zero-order valence-corrected chi connectivity index (χ0v) is 13.3. The van der Waals surface area contributed by atoms with E-state index < -0.39 is 10.0 Å². The Bertz CT molecular complexity index is 840. The number of benzene rings is 1. The van der Waals surface area contributed by atoms with Gasteiger partial charge in [0.2, 0.25) is 10.0 Å². The first kappa shape index (κ1) is 14.2. The summed E-state index contributed by atoms with van der Waals surface area (Å²) in [5.74, 6) is 0. The van der Waals surface area contributed by atoms with Gasteiger partial charge in [-0.1, -0.05) is 15.9 Å². The maximum atomic E-state index is 12.2. The van der Waals surface area contributed by atoms with Crippen molar-refractivity contribution < 1.29 is 8.42 Å². The van der Waals surface area contributed by atoms with E-state index in [1.165, 1.54) is 0 Å². The van der Waals surface area contributed by atoms with Crippen LogP contribution < -0.4 is 4.72 Å². The van der Waals surface area contributed by atoms with Gasteiger partial charge in [-0.25, -0.2) is 18.1 Å². The van der Waals surface area contributed by atoms with Crippen molar-refractivity contribution in [2.45, 2.75) is 11.4 Å². The number of hydrogen-bond donors (Lipinski definition) is 2.